The monoisotopic (exact) mass is 277 g/mol. The first-order valence-electron chi connectivity index (χ1n) is 4.34. The maximum absolute atomic E-state index is 11.4. The van der Waals surface area contributed by atoms with Crippen molar-refractivity contribution in [2.45, 2.75) is 6.92 Å². The SMILES string of the molecule is CCOCCNC(=O)c1csc(Br)c1. The summed E-state index contributed by atoms with van der Waals surface area (Å²) < 4.78 is 6.07. The molecule has 0 fully saturated rings. The normalized spacial score (nSPS) is 10.1. The fourth-order valence-corrected chi connectivity index (χ4v) is 2.05. The predicted octanol–water partition coefficient (Wildman–Crippen LogP) is 2.28. The molecule has 1 N–H and O–H groups in total. The van der Waals surface area contributed by atoms with Crippen LogP contribution < -0.4 is 5.32 Å². The van der Waals surface area contributed by atoms with E-state index in [4.69, 9.17) is 4.74 Å². The molecule has 78 valence electrons. The molecule has 3 nitrogen and oxygen atoms in total. The van der Waals surface area contributed by atoms with Gasteiger partial charge < -0.3 is 10.1 Å². The standard InChI is InChI=1S/C9H12BrNO2S/c1-2-13-4-3-11-9(12)7-5-8(10)14-6-7/h5-6H,2-4H2,1H3,(H,11,12). The fourth-order valence-electron chi connectivity index (χ4n) is 0.912. The smallest absolute Gasteiger partial charge is 0.252 e. The highest BCUT2D eigenvalue weighted by atomic mass is 79.9. The lowest BCUT2D eigenvalue weighted by Crippen LogP contribution is -2.26. The molecule has 0 spiro atoms. The van der Waals surface area contributed by atoms with Gasteiger partial charge in [-0.15, -0.1) is 11.3 Å². The topological polar surface area (TPSA) is 38.3 Å². The van der Waals surface area contributed by atoms with Crippen LogP contribution in [-0.2, 0) is 4.74 Å². The number of halogens is 1. The van der Waals surface area contributed by atoms with Crippen LogP contribution in [0.5, 0.6) is 0 Å². The summed E-state index contributed by atoms with van der Waals surface area (Å²) in [4.78, 5) is 11.4. The van der Waals surface area contributed by atoms with E-state index in [2.05, 4.69) is 21.2 Å². The zero-order valence-electron chi connectivity index (χ0n) is 7.88. The van der Waals surface area contributed by atoms with Crippen molar-refractivity contribution in [3.63, 3.8) is 0 Å². The number of carbonyl (C=O) groups excluding carboxylic acids is 1. The molecule has 1 heterocycles. The van der Waals surface area contributed by atoms with E-state index in [1.54, 1.807) is 6.07 Å². The molecule has 0 saturated heterocycles. The maximum Gasteiger partial charge on any atom is 0.252 e. The largest absolute Gasteiger partial charge is 0.380 e. The molecule has 5 heteroatoms. The van der Waals surface area contributed by atoms with E-state index in [1.807, 2.05) is 12.3 Å². The van der Waals surface area contributed by atoms with Gasteiger partial charge in [0.25, 0.3) is 5.91 Å². The Hall–Kier alpha value is -0.390. The van der Waals surface area contributed by atoms with Gasteiger partial charge >= 0.3 is 0 Å². The van der Waals surface area contributed by atoms with Crippen molar-refractivity contribution in [3.8, 4) is 0 Å². The van der Waals surface area contributed by atoms with Gasteiger partial charge in [-0.3, -0.25) is 4.79 Å². The Morgan fingerprint density at radius 1 is 1.71 bits per heavy atom. The first kappa shape index (κ1) is 11.7. The molecular formula is C9H12BrNO2S. The van der Waals surface area contributed by atoms with Gasteiger partial charge in [0.1, 0.15) is 0 Å². The molecule has 1 amide bonds. The van der Waals surface area contributed by atoms with Crippen LogP contribution in [0, 0.1) is 0 Å². The predicted molar refractivity (Wildman–Crippen MR) is 60.8 cm³/mol. The molecule has 1 aromatic heterocycles. The van der Waals surface area contributed by atoms with E-state index in [9.17, 15) is 4.79 Å². The zero-order chi connectivity index (χ0) is 10.4. The quantitative estimate of drug-likeness (QED) is 0.839. The Balaban J connectivity index is 2.29. The van der Waals surface area contributed by atoms with Crippen LogP contribution in [0.1, 0.15) is 17.3 Å². The fraction of sp³-hybridized carbons (Fsp3) is 0.444. The molecule has 1 aromatic rings. The number of rotatable bonds is 5. The maximum atomic E-state index is 11.4. The lowest BCUT2D eigenvalue weighted by atomic mass is 10.3. The van der Waals surface area contributed by atoms with Crippen LogP contribution in [0.4, 0.5) is 0 Å². The summed E-state index contributed by atoms with van der Waals surface area (Å²) in [5.41, 5.74) is 0.693. The molecule has 0 radical (unpaired) electrons. The van der Waals surface area contributed by atoms with Gasteiger partial charge in [0.15, 0.2) is 0 Å². The van der Waals surface area contributed by atoms with Crippen LogP contribution in [0.25, 0.3) is 0 Å². The van der Waals surface area contributed by atoms with Crippen molar-refractivity contribution in [3.05, 3.63) is 20.8 Å². The minimum Gasteiger partial charge on any atom is -0.380 e. The Labute approximate surface area is 95.6 Å². The Morgan fingerprint density at radius 3 is 3.07 bits per heavy atom. The van der Waals surface area contributed by atoms with Gasteiger partial charge in [0.05, 0.1) is 16.0 Å². The molecule has 0 saturated carbocycles. The molecule has 0 unspecified atom stereocenters. The van der Waals surface area contributed by atoms with E-state index in [-0.39, 0.29) is 5.91 Å². The second-order valence-corrected chi connectivity index (χ2v) is 4.88. The first-order chi connectivity index (χ1) is 6.74. The summed E-state index contributed by atoms with van der Waals surface area (Å²) in [6.45, 7) is 3.73. The van der Waals surface area contributed by atoms with Crippen LogP contribution in [0.15, 0.2) is 15.2 Å². The van der Waals surface area contributed by atoms with E-state index in [0.29, 0.717) is 25.3 Å². The Kier molecular flexibility index (Phi) is 5.14. The third-order valence-corrected chi connectivity index (χ3v) is 3.07. The number of thiophene rings is 1. The second kappa shape index (κ2) is 6.16. The molecule has 0 aliphatic heterocycles. The molecule has 0 atom stereocenters. The van der Waals surface area contributed by atoms with Crippen molar-refractivity contribution >= 4 is 33.2 Å². The summed E-state index contributed by atoms with van der Waals surface area (Å²) in [5.74, 6) is -0.0494. The molecule has 0 aliphatic rings. The van der Waals surface area contributed by atoms with Crippen LogP contribution in [0.2, 0.25) is 0 Å². The number of carbonyl (C=O) groups is 1. The molecule has 1 rings (SSSR count). The summed E-state index contributed by atoms with van der Waals surface area (Å²) in [6.07, 6.45) is 0. The molecule has 0 bridgehead atoms. The van der Waals surface area contributed by atoms with Crippen molar-refractivity contribution in [2.75, 3.05) is 19.8 Å². The summed E-state index contributed by atoms with van der Waals surface area (Å²) in [6, 6.07) is 1.81. The molecular weight excluding hydrogens is 266 g/mol. The van der Waals surface area contributed by atoms with Crippen LogP contribution in [0.3, 0.4) is 0 Å². The Bertz CT molecular complexity index is 301. The number of ether oxygens (including phenoxy) is 1. The van der Waals surface area contributed by atoms with E-state index in [1.165, 1.54) is 11.3 Å². The summed E-state index contributed by atoms with van der Waals surface area (Å²) >= 11 is 4.81. The number of amides is 1. The highest BCUT2D eigenvalue weighted by Crippen LogP contribution is 2.20. The van der Waals surface area contributed by atoms with Crippen molar-refractivity contribution in [2.24, 2.45) is 0 Å². The molecule has 0 aromatic carbocycles. The van der Waals surface area contributed by atoms with E-state index >= 15 is 0 Å². The third-order valence-electron chi connectivity index (χ3n) is 1.57. The lowest BCUT2D eigenvalue weighted by Gasteiger charge is -2.02. The minimum absolute atomic E-state index is 0.0494. The van der Waals surface area contributed by atoms with Crippen molar-refractivity contribution in [1.82, 2.24) is 5.32 Å². The number of nitrogens with one attached hydrogen (secondary N) is 1. The molecule has 0 aliphatic carbocycles. The average molecular weight is 278 g/mol. The van der Waals surface area contributed by atoms with Crippen molar-refractivity contribution < 1.29 is 9.53 Å². The van der Waals surface area contributed by atoms with Gasteiger partial charge in [0, 0.05) is 18.5 Å². The average Bonchev–Trinajstić information content (AvgIpc) is 2.59. The first-order valence-corrected chi connectivity index (χ1v) is 6.01. The van der Waals surface area contributed by atoms with Gasteiger partial charge in [0.2, 0.25) is 0 Å². The van der Waals surface area contributed by atoms with Crippen molar-refractivity contribution in [1.29, 1.82) is 0 Å². The third kappa shape index (κ3) is 3.77. The minimum atomic E-state index is -0.0494. The number of hydrogen-bond acceptors (Lipinski definition) is 3. The molecule has 14 heavy (non-hydrogen) atoms. The summed E-state index contributed by atoms with van der Waals surface area (Å²) in [5, 5.41) is 4.59. The van der Waals surface area contributed by atoms with Crippen LogP contribution in [-0.4, -0.2) is 25.7 Å². The second-order valence-electron chi connectivity index (χ2n) is 2.59. The van der Waals surface area contributed by atoms with Gasteiger partial charge in [-0.05, 0) is 28.9 Å². The van der Waals surface area contributed by atoms with Gasteiger partial charge in [-0.1, -0.05) is 0 Å². The zero-order valence-corrected chi connectivity index (χ0v) is 10.3. The van der Waals surface area contributed by atoms with Gasteiger partial charge in [-0.2, -0.15) is 0 Å². The Morgan fingerprint density at radius 2 is 2.50 bits per heavy atom. The summed E-state index contributed by atoms with van der Waals surface area (Å²) in [7, 11) is 0. The highest BCUT2D eigenvalue weighted by Gasteiger charge is 2.06. The van der Waals surface area contributed by atoms with E-state index < -0.39 is 0 Å². The number of hydrogen-bond donors (Lipinski definition) is 1. The highest BCUT2D eigenvalue weighted by molar-refractivity contribution is 9.11. The van der Waals surface area contributed by atoms with E-state index in [0.717, 1.165) is 3.79 Å². The van der Waals surface area contributed by atoms with Gasteiger partial charge in [-0.25, -0.2) is 0 Å². The van der Waals surface area contributed by atoms with Crippen LogP contribution >= 0.6 is 27.3 Å². The lowest BCUT2D eigenvalue weighted by molar-refractivity contribution is 0.0923.